The molecule has 5 heteroatoms. The van der Waals surface area contributed by atoms with E-state index in [1.165, 1.54) is 31.3 Å². The molecule has 0 aliphatic carbocycles. The molecule has 0 fully saturated rings. The molecule has 110 valence electrons. The Morgan fingerprint density at radius 2 is 1.62 bits per heavy atom. The second kappa shape index (κ2) is 6.26. The van der Waals surface area contributed by atoms with E-state index in [0.717, 1.165) is 0 Å². The number of rotatable bonds is 4. The summed E-state index contributed by atoms with van der Waals surface area (Å²) < 4.78 is 23.2. The molecule has 0 spiro atoms. The van der Waals surface area contributed by atoms with E-state index in [-0.39, 0.29) is 11.7 Å². The van der Waals surface area contributed by atoms with Crippen LogP contribution in [0.25, 0.3) is 0 Å². The average Bonchev–Trinajstić information content (AvgIpc) is 2.53. The Labute approximate surface area is 122 Å². The van der Waals surface area contributed by atoms with Gasteiger partial charge in [0.2, 0.25) is 0 Å². The predicted octanol–water partition coefficient (Wildman–Crippen LogP) is 3.12. The lowest BCUT2D eigenvalue weighted by Crippen LogP contribution is -2.26. The molecule has 4 nitrogen and oxygen atoms in total. The highest BCUT2D eigenvalue weighted by Crippen LogP contribution is 2.28. The molecule has 21 heavy (non-hydrogen) atoms. The number of methoxy groups -OCH3 is 2. The van der Waals surface area contributed by atoms with Gasteiger partial charge in [0, 0.05) is 18.3 Å². The largest absolute Gasteiger partial charge is 0.493 e. The first-order valence-corrected chi connectivity index (χ1v) is 6.32. The molecule has 0 unspecified atom stereocenters. The van der Waals surface area contributed by atoms with Crippen molar-refractivity contribution in [3.05, 3.63) is 53.8 Å². The van der Waals surface area contributed by atoms with Crippen LogP contribution in [-0.2, 0) is 0 Å². The third-order valence-electron chi connectivity index (χ3n) is 3.15. The molecule has 0 atom stereocenters. The summed E-state index contributed by atoms with van der Waals surface area (Å²) in [7, 11) is 4.67. The molecular formula is C16H16FNO3. The quantitative estimate of drug-likeness (QED) is 0.868. The van der Waals surface area contributed by atoms with E-state index in [2.05, 4.69) is 0 Å². The summed E-state index contributed by atoms with van der Waals surface area (Å²) in [6.07, 6.45) is 0. The Bertz CT molecular complexity index is 640. The van der Waals surface area contributed by atoms with Gasteiger partial charge >= 0.3 is 0 Å². The van der Waals surface area contributed by atoms with Crippen molar-refractivity contribution in [3.63, 3.8) is 0 Å². The van der Waals surface area contributed by atoms with Gasteiger partial charge in [-0.15, -0.1) is 0 Å². The van der Waals surface area contributed by atoms with Crippen molar-refractivity contribution < 1.29 is 18.7 Å². The van der Waals surface area contributed by atoms with Crippen molar-refractivity contribution in [1.82, 2.24) is 0 Å². The summed E-state index contributed by atoms with van der Waals surface area (Å²) in [4.78, 5) is 13.9. The van der Waals surface area contributed by atoms with Crippen LogP contribution in [0.15, 0.2) is 42.5 Å². The standard InChI is InChI=1S/C16H16FNO3/c1-18(13-7-5-12(17)6-8-13)16(19)11-4-9-14(20-2)15(10-11)21-3/h4-10H,1-3H3. The zero-order valence-corrected chi connectivity index (χ0v) is 12.1. The molecular weight excluding hydrogens is 273 g/mol. The van der Waals surface area contributed by atoms with Gasteiger partial charge in [0.25, 0.3) is 5.91 Å². The minimum Gasteiger partial charge on any atom is -0.493 e. The summed E-state index contributed by atoms with van der Waals surface area (Å²) in [6, 6.07) is 10.7. The summed E-state index contributed by atoms with van der Waals surface area (Å²) in [5.41, 5.74) is 1.07. The third-order valence-corrected chi connectivity index (χ3v) is 3.15. The molecule has 0 aromatic heterocycles. The number of hydrogen-bond donors (Lipinski definition) is 0. The van der Waals surface area contributed by atoms with E-state index < -0.39 is 0 Å². The highest BCUT2D eigenvalue weighted by molar-refractivity contribution is 6.06. The molecule has 1 amide bonds. The Kier molecular flexibility index (Phi) is 4.42. The first-order valence-electron chi connectivity index (χ1n) is 6.32. The zero-order valence-electron chi connectivity index (χ0n) is 12.1. The lowest BCUT2D eigenvalue weighted by Gasteiger charge is -2.18. The predicted molar refractivity (Wildman–Crippen MR) is 78.7 cm³/mol. The first-order chi connectivity index (χ1) is 10.1. The van der Waals surface area contributed by atoms with Crippen molar-refractivity contribution in [2.45, 2.75) is 0 Å². The lowest BCUT2D eigenvalue weighted by atomic mass is 10.1. The fourth-order valence-electron chi connectivity index (χ4n) is 1.94. The fourth-order valence-corrected chi connectivity index (χ4v) is 1.94. The zero-order chi connectivity index (χ0) is 15.4. The van der Waals surface area contributed by atoms with Crippen molar-refractivity contribution in [3.8, 4) is 11.5 Å². The number of carbonyl (C=O) groups is 1. The van der Waals surface area contributed by atoms with Gasteiger partial charge in [0.1, 0.15) is 5.82 Å². The van der Waals surface area contributed by atoms with Gasteiger partial charge in [0.15, 0.2) is 11.5 Å². The molecule has 0 bridgehead atoms. The van der Waals surface area contributed by atoms with Gasteiger partial charge in [-0.05, 0) is 42.5 Å². The Balaban J connectivity index is 2.29. The molecule has 0 aliphatic rings. The Morgan fingerprint density at radius 1 is 1.00 bits per heavy atom. The molecule has 0 saturated heterocycles. The summed E-state index contributed by atoms with van der Waals surface area (Å²) in [6.45, 7) is 0. The van der Waals surface area contributed by atoms with Gasteiger partial charge in [-0.2, -0.15) is 0 Å². The van der Waals surface area contributed by atoms with Crippen LogP contribution in [0, 0.1) is 5.82 Å². The fraction of sp³-hybridized carbons (Fsp3) is 0.188. The first kappa shape index (κ1) is 14.8. The number of halogens is 1. The molecule has 2 aromatic carbocycles. The molecule has 0 saturated carbocycles. The molecule has 0 heterocycles. The second-order valence-electron chi connectivity index (χ2n) is 4.41. The maximum absolute atomic E-state index is 12.9. The number of benzene rings is 2. The molecule has 0 radical (unpaired) electrons. The van der Waals surface area contributed by atoms with Crippen LogP contribution in [0.1, 0.15) is 10.4 Å². The SMILES string of the molecule is COc1ccc(C(=O)N(C)c2ccc(F)cc2)cc1OC. The second-order valence-corrected chi connectivity index (χ2v) is 4.41. The van der Waals surface area contributed by atoms with Gasteiger partial charge in [0.05, 0.1) is 14.2 Å². The molecule has 0 aliphatic heterocycles. The molecule has 0 N–H and O–H groups in total. The van der Waals surface area contributed by atoms with Gasteiger partial charge in [-0.3, -0.25) is 4.79 Å². The van der Waals surface area contributed by atoms with E-state index in [4.69, 9.17) is 9.47 Å². The van der Waals surface area contributed by atoms with E-state index in [0.29, 0.717) is 22.7 Å². The van der Waals surface area contributed by atoms with Crippen molar-refractivity contribution in [1.29, 1.82) is 0 Å². The number of carbonyl (C=O) groups excluding carboxylic acids is 1. The normalized spacial score (nSPS) is 10.1. The number of hydrogen-bond acceptors (Lipinski definition) is 3. The highest BCUT2D eigenvalue weighted by atomic mass is 19.1. The number of nitrogens with zero attached hydrogens (tertiary/aromatic N) is 1. The number of amides is 1. The molecule has 2 aromatic rings. The third kappa shape index (κ3) is 3.13. The van der Waals surface area contributed by atoms with Crippen LogP contribution in [0.3, 0.4) is 0 Å². The lowest BCUT2D eigenvalue weighted by molar-refractivity contribution is 0.0992. The Morgan fingerprint density at radius 3 is 2.19 bits per heavy atom. The van der Waals surface area contributed by atoms with Crippen LogP contribution < -0.4 is 14.4 Å². The van der Waals surface area contributed by atoms with Crippen molar-refractivity contribution in [2.24, 2.45) is 0 Å². The topological polar surface area (TPSA) is 38.8 Å². The van der Waals surface area contributed by atoms with Crippen LogP contribution in [-0.4, -0.2) is 27.2 Å². The van der Waals surface area contributed by atoms with E-state index in [9.17, 15) is 9.18 Å². The van der Waals surface area contributed by atoms with Crippen LogP contribution in [0.4, 0.5) is 10.1 Å². The summed E-state index contributed by atoms with van der Waals surface area (Å²) in [5, 5.41) is 0. The van der Waals surface area contributed by atoms with Crippen LogP contribution >= 0.6 is 0 Å². The number of anilines is 1. The average molecular weight is 289 g/mol. The van der Waals surface area contributed by atoms with Crippen LogP contribution in [0.5, 0.6) is 11.5 Å². The summed E-state index contributed by atoms with van der Waals surface area (Å²) in [5.74, 6) is 0.475. The van der Waals surface area contributed by atoms with E-state index in [1.807, 2.05) is 0 Å². The van der Waals surface area contributed by atoms with Crippen molar-refractivity contribution >= 4 is 11.6 Å². The van der Waals surface area contributed by atoms with Gasteiger partial charge < -0.3 is 14.4 Å². The minimum absolute atomic E-state index is 0.220. The summed E-state index contributed by atoms with van der Waals surface area (Å²) >= 11 is 0. The van der Waals surface area contributed by atoms with E-state index >= 15 is 0 Å². The smallest absolute Gasteiger partial charge is 0.258 e. The van der Waals surface area contributed by atoms with Gasteiger partial charge in [-0.1, -0.05) is 0 Å². The van der Waals surface area contributed by atoms with Gasteiger partial charge in [-0.25, -0.2) is 4.39 Å². The monoisotopic (exact) mass is 289 g/mol. The van der Waals surface area contributed by atoms with Crippen LogP contribution in [0.2, 0.25) is 0 Å². The Hall–Kier alpha value is -2.56. The maximum atomic E-state index is 12.9. The molecule has 2 rings (SSSR count). The van der Waals surface area contributed by atoms with Crippen molar-refractivity contribution in [2.75, 3.05) is 26.2 Å². The van der Waals surface area contributed by atoms with E-state index in [1.54, 1.807) is 37.4 Å². The maximum Gasteiger partial charge on any atom is 0.258 e. The number of ether oxygens (including phenoxy) is 2. The highest BCUT2D eigenvalue weighted by Gasteiger charge is 2.16. The minimum atomic E-state index is -0.342.